The minimum absolute atomic E-state index is 0. The van der Waals surface area contributed by atoms with E-state index in [9.17, 15) is 0 Å². The number of hydrogen-bond donors (Lipinski definition) is 1. The Hall–Kier alpha value is -1.97. The number of benzene rings is 2. The van der Waals surface area contributed by atoms with Gasteiger partial charge in [-0.1, -0.05) is 62.4 Å². The van der Waals surface area contributed by atoms with Crippen LogP contribution >= 0.6 is 12.4 Å². The van der Waals surface area contributed by atoms with Gasteiger partial charge in [0.25, 0.3) is 0 Å². The Morgan fingerprint density at radius 1 is 1.12 bits per heavy atom. The summed E-state index contributed by atoms with van der Waals surface area (Å²) < 4.78 is 11.0. The molecule has 1 N–H and O–H groups in total. The van der Waals surface area contributed by atoms with E-state index < -0.39 is 0 Å². The van der Waals surface area contributed by atoms with Gasteiger partial charge in [0.1, 0.15) is 6.61 Å². The van der Waals surface area contributed by atoms with Crippen molar-refractivity contribution in [1.29, 1.82) is 0 Å². The van der Waals surface area contributed by atoms with Crippen molar-refractivity contribution in [3.8, 4) is 11.5 Å². The fourth-order valence-corrected chi connectivity index (χ4v) is 2.69. The molecule has 0 bridgehead atoms. The Morgan fingerprint density at radius 3 is 2.52 bits per heavy atom. The van der Waals surface area contributed by atoms with Crippen LogP contribution in [-0.4, -0.2) is 13.7 Å². The Kier molecular flexibility index (Phi) is 9.75. The lowest BCUT2D eigenvalue weighted by Gasteiger charge is -2.19. The van der Waals surface area contributed by atoms with E-state index in [1.807, 2.05) is 12.1 Å². The fraction of sp³-hybridized carbons (Fsp3) is 0.333. The minimum atomic E-state index is 0. The summed E-state index contributed by atoms with van der Waals surface area (Å²) in [5.41, 5.74) is 2.51. The van der Waals surface area contributed by atoms with Gasteiger partial charge in [-0.15, -0.1) is 12.4 Å². The highest BCUT2D eigenvalue weighted by molar-refractivity contribution is 5.85. The summed E-state index contributed by atoms with van der Waals surface area (Å²) in [6, 6.07) is 17.0. The molecule has 0 aliphatic carbocycles. The van der Waals surface area contributed by atoms with E-state index in [1.54, 1.807) is 13.2 Å². The van der Waals surface area contributed by atoms with E-state index in [4.69, 9.17) is 9.47 Å². The van der Waals surface area contributed by atoms with Crippen molar-refractivity contribution in [3.05, 3.63) is 72.3 Å². The molecule has 4 heteroatoms. The normalized spacial score (nSPS) is 11.3. The molecule has 136 valence electrons. The first kappa shape index (κ1) is 21.1. The smallest absolute Gasteiger partial charge is 0.161 e. The Balaban J connectivity index is 0.00000312. The molecule has 0 saturated heterocycles. The fourth-order valence-electron chi connectivity index (χ4n) is 2.69. The largest absolute Gasteiger partial charge is 0.493 e. The number of hydrogen-bond acceptors (Lipinski definition) is 3. The number of nitrogens with one attached hydrogen (secondary N) is 1. The number of halogens is 1. The van der Waals surface area contributed by atoms with Gasteiger partial charge in [0.15, 0.2) is 11.5 Å². The molecule has 2 aromatic carbocycles. The molecule has 25 heavy (non-hydrogen) atoms. The Bertz CT molecular complexity index is 631. The van der Waals surface area contributed by atoms with Crippen molar-refractivity contribution < 1.29 is 9.47 Å². The molecule has 2 rings (SSSR count). The van der Waals surface area contributed by atoms with E-state index in [0.717, 1.165) is 30.9 Å². The maximum Gasteiger partial charge on any atom is 0.161 e. The van der Waals surface area contributed by atoms with Gasteiger partial charge in [-0.05, 0) is 29.7 Å². The predicted octanol–water partition coefficient (Wildman–Crippen LogP) is 5.31. The quantitative estimate of drug-likeness (QED) is 0.581. The van der Waals surface area contributed by atoms with Crippen LogP contribution < -0.4 is 14.8 Å². The van der Waals surface area contributed by atoms with Gasteiger partial charge < -0.3 is 14.8 Å². The van der Waals surface area contributed by atoms with Crippen molar-refractivity contribution in [1.82, 2.24) is 5.32 Å². The van der Waals surface area contributed by atoms with Crippen molar-refractivity contribution in [2.75, 3.05) is 13.7 Å². The third-order valence-electron chi connectivity index (χ3n) is 3.92. The first-order valence-electron chi connectivity index (χ1n) is 8.47. The van der Waals surface area contributed by atoms with Gasteiger partial charge in [-0.2, -0.15) is 0 Å². The monoisotopic (exact) mass is 361 g/mol. The second-order valence-corrected chi connectivity index (χ2v) is 5.72. The lowest BCUT2D eigenvalue weighted by molar-refractivity contribution is 0.326. The maximum atomic E-state index is 5.60. The molecule has 0 aromatic heterocycles. The lowest BCUT2D eigenvalue weighted by atomic mass is 10.0. The third kappa shape index (κ3) is 6.45. The molecule has 0 aliphatic heterocycles. The molecule has 0 fully saturated rings. The Labute approximate surface area is 157 Å². The zero-order valence-corrected chi connectivity index (χ0v) is 15.9. The number of rotatable bonds is 10. The summed E-state index contributed by atoms with van der Waals surface area (Å²) >= 11 is 0. The van der Waals surface area contributed by atoms with Crippen LogP contribution in [0.1, 0.15) is 36.9 Å². The SMILES string of the molecule is C=CCOc1ccc(CNC(CCC)c2ccccc2)cc1OC.Cl. The second kappa shape index (κ2) is 11.6. The molecular formula is C21H28ClNO2. The molecule has 0 saturated carbocycles. The number of ether oxygens (including phenoxy) is 2. The topological polar surface area (TPSA) is 30.5 Å². The van der Waals surface area contributed by atoms with Crippen molar-refractivity contribution in [2.45, 2.75) is 32.4 Å². The summed E-state index contributed by atoms with van der Waals surface area (Å²) in [7, 11) is 1.66. The highest BCUT2D eigenvalue weighted by Crippen LogP contribution is 2.28. The molecule has 0 heterocycles. The third-order valence-corrected chi connectivity index (χ3v) is 3.92. The maximum absolute atomic E-state index is 5.60. The van der Waals surface area contributed by atoms with Crippen LogP contribution in [0.3, 0.4) is 0 Å². The zero-order chi connectivity index (χ0) is 17.2. The molecule has 1 atom stereocenters. The van der Waals surface area contributed by atoms with Gasteiger partial charge >= 0.3 is 0 Å². The summed E-state index contributed by atoms with van der Waals surface area (Å²) in [6.07, 6.45) is 3.98. The van der Waals surface area contributed by atoms with Crippen LogP contribution in [0.15, 0.2) is 61.2 Å². The number of methoxy groups -OCH3 is 1. The van der Waals surface area contributed by atoms with Crippen LogP contribution in [0.2, 0.25) is 0 Å². The van der Waals surface area contributed by atoms with Crippen molar-refractivity contribution >= 4 is 12.4 Å². The van der Waals surface area contributed by atoms with E-state index in [1.165, 1.54) is 11.1 Å². The van der Waals surface area contributed by atoms with E-state index >= 15 is 0 Å². The van der Waals surface area contributed by atoms with Gasteiger partial charge in [0.2, 0.25) is 0 Å². The lowest BCUT2D eigenvalue weighted by Crippen LogP contribution is -2.20. The predicted molar refractivity (Wildman–Crippen MR) is 107 cm³/mol. The highest BCUT2D eigenvalue weighted by Gasteiger charge is 2.11. The average Bonchev–Trinajstić information content (AvgIpc) is 2.64. The zero-order valence-electron chi connectivity index (χ0n) is 15.0. The van der Waals surface area contributed by atoms with Crippen LogP contribution in [0.4, 0.5) is 0 Å². The second-order valence-electron chi connectivity index (χ2n) is 5.72. The standard InChI is InChI=1S/C21H27NO2.ClH/c1-4-9-19(18-10-7-6-8-11-18)22-16-17-12-13-20(24-14-5-2)21(15-17)23-3;/h5-8,10-13,15,19,22H,2,4,9,14,16H2,1,3H3;1H. The molecule has 0 amide bonds. The van der Waals surface area contributed by atoms with E-state index in [-0.39, 0.29) is 12.4 Å². The summed E-state index contributed by atoms with van der Waals surface area (Å²) in [4.78, 5) is 0. The summed E-state index contributed by atoms with van der Waals surface area (Å²) in [5, 5.41) is 3.65. The molecule has 0 aliphatic rings. The molecule has 3 nitrogen and oxygen atoms in total. The van der Waals surface area contributed by atoms with Gasteiger partial charge in [0, 0.05) is 12.6 Å². The van der Waals surface area contributed by atoms with Gasteiger partial charge in [-0.3, -0.25) is 0 Å². The Morgan fingerprint density at radius 2 is 1.88 bits per heavy atom. The van der Waals surface area contributed by atoms with Crippen LogP contribution in [0, 0.1) is 0 Å². The first-order chi connectivity index (χ1) is 11.8. The first-order valence-corrected chi connectivity index (χ1v) is 8.47. The molecule has 0 radical (unpaired) electrons. The summed E-state index contributed by atoms with van der Waals surface area (Å²) in [6.45, 7) is 7.14. The van der Waals surface area contributed by atoms with Crippen LogP contribution in [0.5, 0.6) is 11.5 Å². The highest BCUT2D eigenvalue weighted by atomic mass is 35.5. The summed E-state index contributed by atoms with van der Waals surface area (Å²) in [5.74, 6) is 1.50. The molecule has 0 spiro atoms. The van der Waals surface area contributed by atoms with E-state index in [2.05, 4.69) is 55.2 Å². The van der Waals surface area contributed by atoms with Crippen LogP contribution in [0.25, 0.3) is 0 Å². The minimum Gasteiger partial charge on any atom is -0.493 e. The van der Waals surface area contributed by atoms with Crippen molar-refractivity contribution in [3.63, 3.8) is 0 Å². The van der Waals surface area contributed by atoms with Gasteiger partial charge in [-0.25, -0.2) is 0 Å². The van der Waals surface area contributed by atoms with Crippen molar-refractivity contribution in [2.24, 2.45) is 0 Å². The van der Waals surface area contributed by atoms with E-state index in [0.29, 0.717) is 12.6 Å². The molecule has 2 aromatic rings. The average molecular weight is 362 g/mol. The van der Waals surface area contributed by atoms with Crippen LogP contribution in [-0.2, 0) is 6.54 Å². The molecular weight excluding hydrogens is 334 g/mol. The molecule has 1 unspecified atom stereocenters. The van der Waals surface area contributed by atoms with Gasteiger partial charge in [0.05, 0.1) is 7.11 Å².